The number of halogens is 1. The molecule has 1 unspecified atom stereocenters. The molecule has 2 rings (SSSR count). The molecule has 1 heterocycles. The van der Waals surface area contributed by atoms with Gasteiger partial charge in [0.05, 0.1) is 17.4 Å². The average Bonchev–Trinajstić information content (AvgIpc) is 2.76. The lowest BCUT2D eigenvalue weighted by atomic mass is 10.0. The van der Waals surface area contributed by atoms with Gasteiger partial charge in [-0.05, 0) is 43.7 Å². The van der Waals surface area contributed by atoms with Crippen molar-refractivity contribution in [3.8, 4) is 0 Å². The lowest BCUT2D eigenvalue weighted by molar-refractivity contribution is 0.603. The summed E-state index contributed by atoms with van der Waals surface area (Å²) >= 11 is 6.22. The normalized spacial score (nSPS) is 12.7. The molecule has 102 valence electrons. The zero-order valence-corrected chi connectivity index (χ0v) is 12.6. The summed E-state index contributed by atoms with van der Waals surface area (Å²) in [6.45, 7) is 4.13. The fourth-order valence-electron chi connectivity index (χ4n) is 2.26. The number of nitrogens with zero attached hydrogens (tertiary/aromatic N) is 2. The van der Waals surface area contributed by atoms with Gasteiger partial charge in [-0.3, -0.25) is 4.68 Å². The highest BCUT2D eigenvalue weighted by Crippen LogP contribution is 2.26. The summed E-state index contributed by atoms with van der Waals surface area (Å²) in [6.07, 6.45) is 0.943. The van der Waals surface area contributed by atoms with Crippen LogP contribution >= 0.6 is 11.6 Å². The van der Waals surface area contributed by atoms with Crippen LogP contribution in [0.4, 0.5) is 0 Å². The van der Waals surface area contributed by atoms with Crippen LogP contribution in [0.25, 0.3) is 0 Å². The van der Waals surface area contributed by atoms with Crippen molar-refractivity contribution in [1.29, 1.82) is 0 Å². The Kier molecular flexibility index (Phi) is 4.27. The lowest BCUT2D eigenvalue weighted by Crippen LogP contribution is -2.20. The van der Waals surface area contributed by atoms with Crippen LogP contribution in [0, 0.1) is 6.92 Å². The Bertz CT molecular complexity index is 575. The van der Waals surface area contributed by atoms with Crippen LogP contribution in [0.15, 0.2) is 24.3 Å². The molecule has 0 aliphatic heterocycles. The molecule has 1 N–H and O–H groups in total. The van der Waals surface area contributed by atoms with Crippen molar-refractivity contribution in [2.45, 2.75) is 26.3 Å². The van der Waals surface area contributed by atoms with Crippen molar-refractivity contribution in [2.24, 2.45) is 7.05 Å². The van der Waals surface area contributed by atoms with Crippen molar-refractivity contribution < 1.29 is 0 Å². The maximum atomic E-state index is 6.22. The van der Waals surface area contributed by atoms with Crippen LogP contribution in [0.2, 0.25) is 5.02 Å². The number of benzene rings is 1. The first-order chi connectivity index (χ1) is 9.06. The molecule has 3 nitrogen and oxygen atoms in total. The molecule has 0 fully saturated rings. The molecular formula is C15H20ClN3. The van der Waals surface area contributed by atoms with Crippen LogP contribution < -0.4 is 5.32 Å². The molecule has 4 heteroatoms. The van der Waals surface area contributed by atoms with Gasteiger partial charge in [0, 0.05) is 12.1 Å². The predicted molar refractivity (Wildman–Crippen MR) is 79.7 cm³/mol. The van der Waals surface area contributed by atoms with Crippen molar-refractivity contribution in [3.05, 3.63) is 51.8 Å². The van der Waals surface area contributed by atoms with E-state index < -0.39 is 0 Å². The van der Waals surface area contributed by atoms with E-state index in [1.807, 2.05) is 31.8 Å². The van der Waals surface area contributed by atoms with E-state index in [0.717, 1.165) is 34.0 Å². The van der Waals surface area contributed by atoms with E-state index in [4.69, 9.17) is 11.6 Å². The van der Waals surface area contributed by atoms with E-state index in [1.54, 1.807) is 0 Å². The molecular weight excluding hydrogens is 258 g/mol. The SMILES string of the molecule is CCc1cc(C(NC)c2ccc(C)c(Cl)c2)n(C)n1. The second kappa shape index (κ2) is 5.76. The molecule has 0 saturated carbocycles. The Balaban J connectivity index is 2.43. The summed E-state index contributed by atoms with van der Waals surface area (Å²) in [7, 11) is 3.94. The molecule has 0 spiro atoms. The van der Waals surface area contributed by atoms with Crippen molar-refractivity contribution in [1.82, 2.24) is 15.1 Å². The number of hydrogen-bond acceptors (Lipinski definition) is 2. The van der Waals surface area contributed by atoms with Crippen molar-refractivity contribution in [3.63, 3.8) is 0 Å². The molecule has 1 atom stereocenters. The van der Waals surface area contributed by atoms with E-state index in [-0.39, 0.29) is 6.04 Å². The van der Waals surface area contributed by atoms with Gasteiger partial charge in [0.1, 0.15) is 0 Å². The topological polar surface area (TPSA) is 29.9 Å². The van der Waals surface area contributed by atoms with Crippen LogP contribution in [-0.2, 0) is 13.5 Å². The van der Waals surface area contributed by atoms with Gasteiger partial charge in [-0.2, -0.15) is 5.10 Å². The lowest BCUT2D eigenvalue weighted by Gasteiger charge is -2.17. The molecule has 1 aromatic heterocycles. The predicted octanol–water partition coefficient (Wildman–Crippen LogP) is 3.25. The summed E-state index contributed by atoms with van der Waals surface area (Å²) in [5.41, 5.74) is 4.51. The van der Waals surface area contributed by atoms with Gasteiger partial charge in [-0.1, -0.05) is 30.7 Å². The summed E-state index contributed by atoms with van der Waals surface area (Å²) in [5.74, 6) is 0. The Morgan fingerprint density at radius 1 is 1.37 bits per heavy atom. The highest BCUT2D eigenvalue weighted by molar-refractivity contribution is 6.31. The van der Waals surface area contributed by atoms with E-state index in [9.17, 15) is 0 Å². The first-order valence-corrected chi connectivity index (χ1v) is 6.90. The van der Waals surface area contributed by atoms with Gasteiger partial charge in [0.2, 0.25) is 0 Å². The third kappa shape index (κ3) is 2.82. The van der Waals surface area contributed by atoms with Gasteiger partial charge in [0.15, 0.2) is 0 Å². The van der Waals surface area contributed by atoms with Crippen LogP contribution in [-0.4, -0.2) is 16.8 Å². The minimum absolute atomic E-state index is 0.107. The largest absolute Gasteiger partial charge is 0.308 e. The van der Waals surface area contributed by atoms with Gasteiger partial charge in [0.25, 0.3) is 0 Å². The van der Waals surface area contributed by atoms with Crippen molar-refractivity contribution in [2.75, 3.05) is 7.05 Å². The molecule has 1 aromatic carbocycles. The molecule has 0 aliphatic carbocycles. The quantitative estimate of drug-likeness (QED) is 0.930. The van der Waals surface area contributed by atoms with E-state index in [2.05, 4.69) is 35.5 Å². The number of rotatable bonds is 4. The zero-order valence-electron chi connectivity index (χ0n) is 11.9. The van der Waals surface area contributed by atoms with Gasteiger partial charge < -0.3 is 5.32 Å². The maximum Gasteiger partial charge on any atom is 0.0746 e. The summed E-state index contributed by atoms with van der Waals surface area (Å²) in [4.78, 5) is 0. The summed E-state index contributed by atoms with van der Waals surface area (Å²) in [6, 6.07) is 8.45. The highest BCUT2D eigenvalue weighted by atomic mass is 35.5. The number of aromatic nitrogens is 2. The highest BCUT2D eigenvalue weighted by Gasteiger charge is 2.17. The standard InChI is InChI=1S/C15H20ClN3/c1-5-12-9-14(19(4)18-12)15(17-3)11-7-6-10(2)13(16)8-11/h6-9,15,17H,5H2,1-4H3. The Hall–Kier alpha value is -1.32. The Morgan fingerprint density at radius 2 is 2.11 bits per heavy atom. The van der Waals surface area contributed by atoms with Crippen LogP contribution in [0.3, 0.4) is 0 Å². The first kappa shape index (κ1) is 14.1. The van der Waals surface area contributed by atoms with Crippen LogP contribution in [0.5, 0.6) is 0 Å². The molecule has 19 heavy (non-hydrogen) atoms. The fraction of sp³-hybridized carbons (Fsp3) is 0.400. The maximum absolute atomic E-state index is 6.22. The molecule has 2 aromatic rings. The Labute approximate surface area is 119 Å². The second-order valence-electron chi connectivity index (χ2n) is 4.77. The first-order valence-electron chi connectivity index (χ1n) is 6.53. The van der Waals surface area contributed by atoms with Gasteiger partial charge >= 0.3 is 0 Å². The summed E-state index contributed by atoms with van der Waals surface area (Å²) in [5, 5.41) is 8.65. The molecule has 0 bridgehead atoms. The summed E-state index contributed by atoms with van der Waals surface area (Å²) < 4.78 is 1.94. The molecule has 0 saturated heterocycles. The number of nitrogens with one attached hydrogen (secondary N) is 1. The molecule has 0 radical (unpaired) electrons. The minimum Gasteiger partial charge on any atom is -0.308 e. The zero-order chi connectivity index (χ0) is 14.0. The van der Waals surface area contributed by atoms with Crippen LogP contribution in [0.1, 0.15) is 35.5 Å². The second-order valence-corrected chi connectivity index (χ2v) is 5.18. The number of aryl methyl sites for hydroxylation is 3. The van der Waals surface area contributed by atoms with E-state index in [1.165, 1.54) is 0 Å². The van der Waals surface area contributed by atoms with E-state index >= 15 is 0 Å². The average molecular weight is 278 g/mol. The van der Waals surface area contributed by atoms with E-state index in [0.29, 0.717) is 0 Å². The fourth-order valence-corrected chi connectivity index (χ4v) is 2.45. The Morgan fingerprint density at radius 3 is 2.63 bits per heavy atom. The van der Waals surface area contributed by atoms with Gasteiger partial charge in [-0.15, -0.1) is 0 Å². The molecule has 0 amide bonds. The number of hydrogen-bond donors (Lipinski definition) is 1. The molecule has 0 aliphatic rings. The van der Waals surface area contributed by atoms with Crippen molar-refractivity contribution >= 4 is 11.6 Å². The smallest absolute Gasteiger partial charge is 0.0746 e. The third-order valence-electron chi connectivity index (χ3n) is 3.44. The van der Waals surface area contributed by atoms with Gasteiger partial charge in [-0.25, -0.2) is 0 Å². The third-order valence-corrected chi connectivity index (χ3v) is 3.85. The minimum atomic E-state index is 0.107. The monoisotopic (exact) mass is 277 g/mol.